The van der Waals surface area contributed by atoms with Crippen LogP contribution >= 0.6 is 15.9 Å². The van der Waals surface area contributed by atoms with Crippen LogP contribution in [0.4, 0.5) is 5.69 Å². The molecule has 0 saturated carbocycles. The van der Waals surface area contributed by atoms with E-state index in [0.717, 1.165) is 0 Å². The number of anilines is 1. The van der Waals surface area contributed by atoms with Gasteiger partial charge >= 0.3 is 0 Å². The molecular weight excluding hydrogens is 626 g/mol. The van der Waals surface area contributed by atoms with E-state index in [1.165, 1.54) is 0 Å². The van der Waals surface area contributed by atoms with E-state index in [9.17, 15) is 19.5 Å². The highest BCUT2D eigenvalue weighted by molar-refractivity contribution is 9.09. The maximum absolute atomic E-state index is 14.7. The third-order valence-electron chi connectivity index (χ3n) is 9.02. The smallest absolute Gasteiger partial charge is 0.249 e. The van der Waals surface area contributed by atoms with E-state index in [1.54, 1.807) is 26.9 Å². The summed E-state index contributed by atoms with van der Waals surface area (Å²) in [4.78, 5) is 48.6. The summed E-state index contributed by atoms with van der Waals surface area (Å²) in [5.74, 6) is -1.73. The number of hydrogen-bond acceptors (Lipinski definition) is 6. The van der Waals surface area contributed by atoms with Gasteiger partial charge in [0.25, 0.3) is 0 Å². The van der Waals surface area contributed by atoms with Gasteiger partial charge in [0.1, 0.15) is 17.4 Å². The highest BCUT2D eigenvalue weighted by atomic mass is 79.9. The molecule has 0 radical (unpaired) electrons. The molecule has 3 heterocycles. The molecular formula is C34H48BrN3O6. The third-order valence-corrected chi connectivity index (χ3v) is 9.86. The van der Waals surface area contributed by atoms with Gasteiger partial charge in [-0.15, -0.1) is 13.2 Å². The van der Waals surface area contributed by atoms with Gasteiger partial charge in [0.2, 0.25) is 17.7 Å². The predicted octanol–water partition coefficient (Wildman–Crippen LogP) is 4.57. The summed E-state index contributed by atoms with van der Waals surface area (Å²) in [5, 5.41) is 10.6. The second-order valence-electron chi connectivity index (χ2n) is 13.4. The number of halogens is 1. The van der Waals surface area contributed by atoms with Gasteiger partial charge in [-0.3, -0.25) is 14.4 Å². The molecule has 3 amide bonds. The van der Waals surface area contributed by atoms with Gasteiger partial charge in [-0.2, -0.15) is 0 Å². The number of benzene rings is 1. The Bertz CT molecular complexity index is 1250. The number of amides is 3. The van der Waals surface area contributed by atoms with Crippen molar-refractivity contribution in [1.29, 1.82) is 0 Å². The van der Waals surface area contributed by atoms with Crippen LogP contribution in [0.15, 0.2) is 49.6 Å². The Morgan fingerprint density at radius 2 is 1.82 bits per heavy atom. The maximum Gasteiger partial charge on any atom is 0.249 e. The van der Waals surface area contributed by atoms with Crippen molar-refractivity contribution in [3.63, 3.8) is 0 Å². The molecule has 3 unspecified atom stereocenters. The summed E-state index contributed by atoms with van der Waals surface area (Å²) in [6.07, 6.45) is 3.61. The van der Waals surface area contributed by atoms with Crippen molar-refractivity contribution in [2.24, 2.45) is 17.8 Å². The monoisotopic (exact) mass is 673 g/mol. The van der Waals surface area contributed by atoms with E-state index >= 15 is 0 Å². The molecule has 1 N–H and O–H groups in total. The fourth-order valence-electron chi connectivity index (χ4n) is 7.33. The summed E-state index contributed by atoms with van der Waals surface area (Å²) in [7, 11) is 0. The van der Waals surface area contributed by atoms with Gasteiger partial charge in [-0.05, 0) is 70.7 Å². The number of nitrogens with zero attached hydrogens (tertiary/aromatic N) is 3. The highest BCUT2D eigenvalue weighted by Gasteiger charge is 2.77. The topological polar surface area (TPSA) is 99.6 Å². The number of rotatable bonds is 13. The Hall–Kier alpha value is -2.69. The Kier molecular flexibility index (Phi) is 10.4. The molecule has 1 aromatic rings. The quantitative estimate of drug-likeness (QED) is 0.243. The van der Waals surface area contributed by atoms with Crippen LogP contribution in [0.1, 0.15) is 54.4 Å². The normalized spacial score (nSPS) is 28.2. The minimum atomic E-state index is -1.24. The molecule has 3 aliphatic heterocycles. The standard InChI is InChI=1S/C34H48BrN3O6/c1-9-16-36(22-12-14-24(15-13-22)43-11-3)30(40)26-27-31(41)38(23(20-39)18-21(4)5)29(34(27)19-25(35)28(26)44-34)32(42)37(17-10-2)33(6,7)8/h9-10,12-15,21,23,25-29,39H,1-2,11,16-20H2,3-8H3/t23-,25?,26-,27+,28-,29?,34?/m1/s1. The van der Waals surface area contributed by atoms with Gasteiger partial charge in [0.05, 0.1) is 37.2 Å². The van der Waals surface area contributed by atoms with Crippen LogP contribution in [0, 0.1) is 17.8 Å². The fraction of sp³-hybridized carbons (Fsp3) is 0.618. The van der Waals surface area contributed by atoms with E-state index in [2.05, 4.69) is 29.1 Å². The van der Waals surface area contributed by atoms with E-state index in [0.29, 0.717) is 30.9 Å². The van der Waals surface area contributed by atoms with Crippen molar-refractivity contribution in [1.82, 2.24) is 9.80 Å². The second-order valence-corrected chi connectivity index (χ2v) is 14.6. The first-order chi connectivity index (χ1) is 20.8. The zero-order valence-electron chi connectivity index (χ0n) is 26.9. The first-order valence-corrected chi connectivity index (χ1v) is 16.5. The van der Waals surface area contributed by atoms with Crippen molar-refractivity contribution in [2.75, 3.05) is 31.2 Å². The van der Waals surface area contributed by atoms with Gasteiger partial charge in [-0.25, -0.2) is 0 Å². The number of likely N-dealkylation sites (tertiary alicyclic amines) is 1. The number of ether oxygens (including phenoxy) is 2. The molecule has 4 rings (SSSR count). The third kappa shape index (κ3) is 5.97. The number of alkyl halides is 1. The van der Waals surface area contributed by atoms with Gasteiger partial charge in [-0.1, -0.05) is 41.9 Å². The predicted molar refractivity (Wildman–Crippen MR) is 175 cm³/mol. The van der Waals surface area contributed by atoms with Crippen LogP contribution in [0.25, 0.3) is 0 Å². The molecule has 3 fully saturated rings. The fourth-order valence-corrected chi connectivity index (χ4v) is 8.28. The Morgan fingerprint density at radius 1 is 1.18 bits per heavy atom. The number of carbonyl (C=O) groups excluding carboxylic acids is 3. The zero-order valence-corrected chi connectivity index (χ0v) is 28.5. The maximum atomic E-state index is 14.7. The largest absolute Gasteiger partial charge is 0.494 e. The molecule has 44 heavy (non-hydrogen) atoms. The molecule has 0 aromatic heterocycles. The summed E-state index contributed by atoms with van der Waals surface area (Å²) < 4.78 is 12.4. The van der Waals surface area contributed by atoms with Crippen molar-refractivity contribution in [3.05, 3.63) is 49.6 Å². The molecule has 7 atom stereocenters. The highest BCUT2D eigenvalue weighted by Crippen LogP contribution is 2.61. The van der Waals surface area contributed by atoms with Crippen molar-refractivity contribution in [3.8, 4) is 5.75 Å². The first-order valence-electron chi connectivity index (χ1n) is 15.6. The summed E-state index contributed by atoms with van der Waals surface area (Å²) in [6.45, 7) is 20.2. The molecule has 2 bridgehead atoms. The molecule has 3 saturated heterocycles. The van der Waals surface area contributed by atoms with Crippen molar-refractivity contribution < 1.29 is 29.0 Å². The van der Waals surface area contributed by atoms with Gasteiger partial charge < -0.3 is 29.3 Å². The summed E-state index contributed by atoms with van der Waals surface area (Å²) >= 11 is 3.77. The molecule has 3 aliphatic rings. The average Bonchev–Trinajstić information content (AvgIpc) is 3.56. The molecule has 242 valence electrons. The number of carbonyl (C=O) groups is 3. The average molecular weight is 675 g/mol. The zero-order chi connectivity index (χ0) is 32.6. The van der Waals surface area contributed by atoms with Crippen molar-refractivity contribution >= 4 is 39.3 Å². The lowest BCUT2D eigenvalue weighted by Crippen LogP contribution is -2.62. The Balaban J connectivity index is 1.83. The lowest BCUT2D eigenvalue weighted by molar-refractivity contribution is -0.154. The SMILES string of the molecule is C=CCN(C(=O)[C@H]1[C@@H]2OC3(CC2Br)C(C(=O)N(CC=C)C(C)(C)C)N([C@@H](CO)CC(C)C)C(=O)[C@H]13)c1ccc(OCC)cc1. The molecule has 10 heteroatoms. The lowest BCUT2D eigenvalue weighted by atomic mass is 9.70. The summed E-state index contributed by atoms with van der Waals surface area (Å²) in [5.41, 5.74) is -1.16. The second kappa shape index (κ2) is 13.3. The molecule has 0 aliphatic carbocycles. The van der Waals surface area contributed by atoms with Crippen LogP contribution in [0.2, 0.25) is 0 Å². The Morgan fingerprint density at radius 3 is 2.34 bits per heavy atom. The van der Waals surface area contributed by atoms with Crippen molar-refractivity contribution in [2.45, 2.75) is 88.5 Å². The lowest BCUT2D eigenvalue weighted by Gasteiger charge is -2.43. The minimum Gasteiger partial charge on any atom is -0.494 e. The van der Waals surface area contributed by atoms with Crippen LogP contribution in [-0.4, -0.2) is 93.1 Å². The van der Waals surface area contributed by atoms with Gasteiger partial charge in [0.15, 0.2) is 0 Å². The molecule has 9 nitrogen and oxygen atoms in total. The minimum absolute atomic E-state index is 0.155. The number of aliphatic hydroxyl groups is 1. The number of hydrogen-bond donors (Lipinski definition) is 1. The van der Waals surface area contributed by atoms with E-state index in [-0.39, 0.29) is 48.2 Å². The molecule has 1 aromatic carbocycles. The van der Waals surface area contributed by atoms with Crippen LogP contribution < -0.4 is 9.64 Å². The Labute approximate surface area is 270 Å². The van der Waals surface area contributed by atoms with Crippen LogP contribution in [0.5, 0.6) is 5.75 Å². The van der Waals surface area contributed by atoms with Crippen LogP contribution in [-0.2, 0) is 19.1 Å². The first kappa shape index (κ1) is 34.2. The number of fused-ring (bicyclic) bond motifs is 1. The van der Waals surface area contributed by atoms with Gasteiger partial charge in [0, 0.05) is 29.1 Å². The molecule has 1 spiro atoms. The number of aliphatic hydroxyl groups excluding tert-OH is 1. The van der Waals surface area contributed by atoms with E-state index in [1.807, 2.05) is 65.8 Å². The van der Waals surface area contributed by atoms with E-state index in [4.69, 9.17) is 9.47 Å². The van der Waals surface area contributed by atoms with E-state index < -0.39 is 41.2 Å². The van der Waals surface area contributed by atoms with Crippen LogP contribution in [0.3, 0.4) is 0 Å². The summed E-state index contributed by atoms with van der Waals surface area (Å²) in [6, 6.07) is 5.64.